The van der Waals surface area contributed by atoms with Crippen molar-refractivity contribution in [1.82, 2.24) is 20.4 Å². The van der Waals surface area contributed by atoms with E-state index in [9.17, 15) is 9.59 Å². The second-order valence-corrected chi connectivity index (χ2v) is 7.45. The predicted octanol–water partition coefficient (Wildman–Crippen LogP) is 2.24. The molecule has 3 rings (SSSR count). The number of carbonyl (C=O) groups is 2. The van der Waals surface area contributed by atoms with Gasteiger partial charge >= 0.3 is 0 Å². The largest absolute Gasteiger partial charge is 0.348 e. The Bertz CT molecular complexity index is 607. The van der Waals surface area contributed by atoms with Crippen LogP contribution in [0.2, 0.25) is 0 Å². The normalized spacial score (nSPS) is 23.9. The Morgan fingerprint density at radius 1 is 1.16 bits per heavy atom. The van der Waals surface area contributed by atoms with Crippen molar-refractivity contribution in [3.63, 3.8) is 0 Å². The van der Waals surface area contributed by atoms with Gasteiger partial charge in [0.05, 0.1) is 6.54 Å². The first-order valence-corrected chi connectivity index (χ1v) is 9.45. The second kappa shape index (κ2) is 7.97. The zero-order chi connectivity index (χ0) is 17.8. The number of carbonyl (C=O) groups excluding carboxylic acids is 2. The van der Waals surface area contributed by atoms with E-state index < -0.39 is 0 Å². The minimum absolute atomic E-state index is 0.0619. The zero-order valence-electron chi connectivity index (χ0n) is 15.2. The van der Waals surface area contributed by atoms with E-state index in [0.717, 1.165) is 51.6 Å². The highest BCUT2D eigenvalue weighted by molar-refractivity contribution is 5.88. The first-order valence-electron chi connectivity index (χ1n) is 9.45. The molecule has 2 aliphatic rings. The molecule has 138 valence electrons. The number of amides is 2. The molecule has 1 N–H and O–H groups in total. The van der Waals surface area contributed by atoms with E-state index in [1.165, 1.54) is 0 Å². The zero-order valence-corrected chi connectivity index (χ0v) is 15.2. The molecule has 7 heteroatoms. The molecule has 7 nitrogen and oxygen atoms in total. The highest BCUT2D eigenvalue weighted by atomic mass is 16.5. The molecule has 0 spiro atoms. The lowest BCUT2D eigenvalue weighted by Gasteiger charge is -2.32. The molecule has 1 aromatic rings. The summed E-state index contributed by atoms with van der Waals surface area (Å²) in [6, 6.07) is 0. The molecule has 0 aromatic carbocycles. The van der Waals surface area contributed by atoms with Crippen molar-refractivity contribution in [1.29, 1.82) is 0 Å². The van der Waals surface area contributed by atoms with Crippen LogP contribution in [0.3, 0.4) is 0 Å². The highest BCUT2D eigenvalue weighted by Crippen LogP contribution is 2.32. The van der Waals surface area contributed by atoms with E-state index in [2.05, 4.69) is 15.5 Å². The van der Waals surface area contributed by atoms with Crippen molar-refractivity contribution in [3.05, 3.63) is 11.7 Å². The molecule has 2 unspecified atom stereocenters. The summed E-state index contributed by atoms with van der Waals surface area (Å²) in [4.78, 5) is 31.7. The molecule has 2 fully saturated rings. The smallest absolute Gasteiger partial charge is 0.229 e. The van der Waals surface area contributed by atoms with Crippen molar-refractivity contribution >= 4 is 11.8 Å². The number of rotatable bonds is 5. The van der Waals surface area contributed by atoms with Gasteiger partial charge in [-0.15, -0.1) is 0 Å². The third-order valence-corrected chi connectivity index (χ3v) is 5.24. The first kappa shape index (κ1) is 17.9. The van der Waals surface area contributed by atoms with Gasteiger partial charge in [-0.3, -0.25) is 9.59 Å². The van der Waals surface area contributed by atoms with Crippen LogP contribution in [0.1, 0.15) is 70.0 Å². The topological polar surface area (TPSA) is 88.3 Å². The molecular weight excluding hydrogens is 320 g/mol. The van der Waals surface area contributed by atoms with Gasteiger partial charge in [-0.25, -0.2) is 0 Å². The predicted molar refractivity (Wildman–Crippen MR) is 91.5 cm³/mol. The van der Waals surface area contributed by atoms with Crippen LogP contribution < -0.4 is 5.32 Å². The summed E-state index contributed by atoms with van der Waals surface area (Å²) in [6.45, 7) is 5.88. The average molecular weight is 348 g/mol. The van der Waals surface area contributed by atoms with E-state index in [-0.39, 0.29) is 36.1 Å². The van der Waals surface area contributed by atoms with Crippen LogP contribution in [0.15, 0.2) is 4.52 Å². The van der Waals surface area contributed by atoms with Gasteiger partial charge in [0.1, 0.15) is 0 Å². The fourth-order valence-corrected chi connectivity index (χ4v) is 3.78. The molecule has 0 bridgehead atoms. The van der Waals surface area contributed by atoms with Crippen LogP contribution in [0.4, 0.5) is 0 Å². The lowest BCUT2D eigenvalue weighted by Crippen LogP contribution is -2.44. The van der Waals surface area contributed by atoms with Crippen molar-refractivity contribution in [2.24, 2.45) is 11.8 Å². The molecule has 1 aliphatic carbocycles. The Morgan fingerprint density at radius 3 is 2.48 bits per heavy atom. The number of nitrogens with one attached hydrogen (secondary N) is 1. The minimum Gasteiger partial charge on any atom is -0.348 e. The molecular formula is C18H28N4O3. The van der Waals surface area contributed by atoms with Crippen molar-refractivity contribution < 1.29 is 14.1 Å². The second-order valence-electron chi connectivity index (χ2n) is 7.45. The molecule has 1 aromatic heterocycles. The fourth-order valence-electron chi connectivity index (χ4n) is 3.78. The fraction of sp³-hybridized carbons (Fsp3) is 0.778. The van der Waals surface area contributed by atoms with Crippen molar-refractivity contribution in [2.45, 2.75) is 64.8 Å². The summed E-state index contributed by atoms with van der Waals surface area (Å²) in [5.74, 6) is 0.908. The van der Waals surface area contributed by atoms with E-state index in [1.807, 2.05) is 18.7 Å². The van der Waals surface area contributed by atoms with Crippen molar-refractivity contribution in [2.75, 3.05) is 13.1 Å². The summed E-state index contributed by atoms with van der Waals surface area (Å²) in [7, 11) is 0. The Hall–Kier alpha value is -1.92. The van der Waals surface area contributed by atoms with Crippen LogP contribution >= 0.6 is 0 Å². The third kappa shape index (κ3) is 4.19. The molecule has 2 amide bonds. The van der Waals surface area contributed by atoms with Gasteiger partial charge in [0.2, 0.25) is 17.7 Å². The number of hydrogen-bond donors (Lipinski definition) is 1. The number of likely N-dealkylation sites (tertiary alicyclic amines) is 1. The standard InChI is InChI=1S/C18H28N4O3/c1-12(2)17-20-15(21-25-17)11-19-16(23)13-7-3-4-8-14(13)18(24)22-9-5-6-10-22/h12-14H,3-11H2,1-2H3,(H,19,23). The van der Waals surface area contributed by atoms with Crippen LogP contribution in [0, 0.1) is 11.8 Å². The van der Waals surface area contributed by atoms with Gasteiger partial charge < -0.3 is 14.7 Å². The summed E-state index contributed by atoms with van der Waals surface area (Å²) in [5.41, 5.74) is 0. The van der Waals surface area contributed by atoms with Gasteiger partial charge in [-0.2, -0.15) is 4.98 Å². The van der Waals surface area contributed by atoms with Crippen LogP contribution in [-0.4, -0.2) is 39.9 Å². The summed E-state index contributed by atoms with van der Waals surface area (Å²) < 4.78 is 5.16. The lowest BCUT2D eigenvalue weighted by molar-refractivity contribution is -0.142. The molecule has 1 aliphatic heterocycles. The van der Waals surface area contributed by atoms with Crippen LogP contribution in [0.5, 0.6) is 0 Å². The van der Waals surface area contributed by atoms with Crippen molar-refractivity contribution in [3.8, 4) is 0 Å². The van der Waals surface area contributed by atoms with E-state index >= 15 is 0 Å². The molecule has 2 heterocycles. The van der Waals surface area contributed by atoms with E-state index in [0.29, 0.717) is 11.7 Å². The van der Waals surface area contributed by atoms with E-state index in [1.54, 1.807) is 0 Å². The number of hydrogen-bond acceptors (Lipinski definition) is 5. The minimum atomic E-state index is -0.238. The first-order chi connectivity index (χ1) is 12.1. The van der Waals surface area contributed by atoms with Gasteiger partial charge in [0.15, 0.2) is 5.82 Å². The quantitative estimate of drug-likeness (QED) is 0.881. The van der Waals surface area contributed by atoms with Gasteiger partial charge in [-0.1, -0.05) is 31.8 Å². The number of nitrogens with zero attached hydrogens (tertiary/aromatic N) is 3. The van der Waals surface area contributed by atoms with Crippen LogP contribution in [0.25, 0.3) is 0 Å². The third-order valence-electron chi connectivity index (χ3n) is 5.24. The maximum Gasteiger partial charge on any atom is 0.229 e. The Balaban J connectivity index is 1.59. The highest BCUT2D eigenvalue weighted by Gasteiger charge is 2.38. The molecule has 1 saturated heterocycles. The monoisotopic (exact) mass is 348 g/mol. The Kier molecular flexibility index (Phi) is 5.71. The average Bonchev–Trinajstić information content (AvgIpc) is 3.30. The molecule has 2 atom stereocenters. The summed E-state index contributed by atoms with van der Waals surface area (Å²) >= 11 is 0. The SMILES string of the molecule is CC(C)c1nc(CNC(=O)C2CCCCC2C(=O)N2CCCC2)no1. The van der Waals surface area contributed by atoms with Gasteiger partial charge in [0, 0.05) is 30.8 Å². The van der Waals surface area contributed by atoms with Crippen LogP contribution in [-0.2, 0) is 16.1 Å². The Morgan fingerprint density at radius 2 is 1.84 bits per heavy atom. The molecule has 0 radical (unpaired) electrons. The van der Waals surface area contributed by atoms with Gasteiger partial charge in [-0.05, 0) is 25.7 Å². The molecule has 1 saturated carbocycles. The van der Waals surface area contributed by atoms with Gasteiger partial charge in [0.25, 0.3) is 0 Å². The molecule has 25 heavy (non-hydrogen) atoms. The van der Waals surface area contributed by atoms with E-state index in [4.69, 9.17) is 4.52 Å². The lowest BCUT2D eigenvalue weighted by atomic mass is 9.78. The maximum absolute atomic E-state index is 12.8. The summed E-state index contributed by atoms with van der Waals surface area (Å²) in [5, 5.41) is 6.80. The Labute approximate surface area is 148 Å². The maximum atomic E-state index is 12.8. The summed E-state index contributed by atoms with van der Waals surface area (Å²) in [6.07, 6.45) is 5.77. The number of aromatic nitrogens is 2.